The lowest BCUT2D eigenvalue weighted by atomic mass is 10.1. The van der Waals surface area contributed by atoms with Gasteiger partial charge < -0.3 is 10.6 Å². The molecular formula is C13H23N3O2. The Morgan fingerprint density at radius 1 is 1.39 bits per heavy atom. The number of carbonyl (C=O) groups excluding carboxylic acids is 2. The Labute approximate surface area is 109 Å². The van der Waals surface area contributed by atoms with Gasteiger partial charge in [-0.05, 0) is 25.0 Å². The van der Waals surface area contributed by atoms with Crippen LogP contribution in [0.2, 0.25) is 0 Å². The number of imide groups is 1. The molecule has 18 heavy (non-hydrogen) atoms. The normalized spacial score (nSPS) is 19.2. The number of nitrogens with one attached hydrogen (secondary N) is 2. The Kier molecular flexibility index (Phi) is 5.85. The predicted octanol–water partition coefficient (Wildman–Crippen LogP) is 1.26. The first-order valence-electron chi connectivity index (χ1n) is 6.59. The van der Waals surface area contributed by atoms with E-state index in [-0.39, 0.29) is 18.0 Å². The lowest BCUT2D eigenvalue weighted by Gasteiger charge is -2.15. The van der Waals surface area contributed by atoms with Gasteiger partial charge in [0.25, 0.3) is 5.91 Å². The molecular weight excluding hydrogens is 230 g/mol. The van der Waals surface area contributed by atoms with Crippen molar-refractivity contribution in [3.05, 3.63) is 12.2 Å². The van der Waals surface area contributed by atoms with E-state index < -0.39 is 0 Å². The number of carbonyl (C=O) groups is 2. The molecule has 1 aliphatic rings. The van der Waals surface area contributed by atoms with Crippen molar-refractivity contribution in [2.45, 2.75) is 39.2 Å². The van der Waals surface area contributed by atoms with Crippen molar-refractivity contribution in [1.29, 1.82) is 0 Å². The standard InChI is InChI=1S/C13H23N3O2/c1-4-6-11-12(17)16(13(18)15-11)9-10(3)8-14-7-5-2/h11,14H,3-9H2,1-2H3,(H,15,18). The van der Waals surface area contributed by atoms with Gasteiger partial charge in [0.15, 0.2) is 0 Å². The third-order valence-corrected chi connectivity index (χ3v) is 2.87. The van der Waals surface area contributed by atoms with Crippen LogP contribution in [0.15, 0.2) is 12.2 Å². The van der Waals surface area contributed by atoms with Crippen LogP contribution < -0.4 is 10.6 Å². The fourth-order valence-electron chi connectivity index (χ4n) is 1.93. The van der Waals surface area contributed by atoms with E-state index in [2.05, 4.69) is 24.1 Å². The van der Waals surface area contributed by atoms with E-state index in [1.54, 1.807) is 0 Å². The van der Waals surface area contributed by atoms with E-state index in [4.69, 9.17) is 0 Å². The second-order valence-electron chi connectivity index (χ2n) is 4.64. The molecule has 102 valence electrons. The van der Waals surface area contributed by atoms with Crippen LogP contribution in [0.25, 0.3) is 0 Å². The van der Waals surface area contributed by atoms with Crippen LogP contribution in [0.4, 0.5) is 4.79 Å². The van der Waals surface area contributed by atoms with Crippen molar-refractivity contribution in [3.8, 4) is 0 Å². The highest BCUT2D eigenvalue weighted by Gasteiger charge is 2.37. The molecule has 0 aliphatic carbocycles. The largest absolute Gasteiger partial charge is 0.326 e. The average molecular weight is 253 g/mol. The highest BCUT2D eigenvalue weighted by atomic mass is 16.2. The van der Waals surface area contributed by atoms with Crippen molar-refractivity contribution >= 4 is 11.9 Å². The quantitative estimate of drug-likeness (QED) is 0.389. The summed E-state index contributed by atoms with van der Waals surface area (Å²) in [6, 6.07) is -0.644. The summed E-state index contributed by atoms with van der Waals surface area (Å²) in [5.74, 6) is -0.126. The predicted molar refractivity (Wildman–Crippen MR) is 71.2 cm³/mol. The Bertz CT molecular complexity index is 328. The first kappa shape index (κ1) is 14.7. The Morgan fingerprint density at radius 2 is 2.11 bits per heavy atom. The van der Waals surface area contributed by atoms with Gasteiger partial charge in [-0.15, -0.1) is 0 Å². The van der Waals surface area contributed by atoms with Gasteiger partial charge in [0.05, 0.1) is 6.54 Å². The summed E-state index contributed by atoms with van der Waals surface area (Å²) in [7, 11) is 0. The fraction of sp³-hybridized carbons (Fsp3) is 0.692. The minimum Gasteiger partial charge on any atom is -0.326 e. The lowest BCUT2D eigenvalue weighted by Crippen LogP contribution is -2.35. The molecule has 3 amide bonds. The number of nitrogens with zero attached hydrogens (tertiary/aromatic N) is 1. The van der Waals surface area contributed by atoms with Gasteiger partial charge in [-0.1, -0.05) is 26.8 Å². The molecule has 2 N–H and O–H groups in total. The minimum atomic E-state index is -0.348. The maximum absolute atomic E-state index is 12.0. The van der Waals surface area contributed by atoms with Gasteiger partial charge in [0, 0.05) is 6.54 Å². The fourth-order valence-corrected chi connectivity index (χ4v) is 1.93. The zero-order valence-corrected chi connectivity index (χ0v) is 11.3. The molecule has 0 aromatic heterocycles. The van der Waals surface area contributed by atoms with Crippen molar-refractivity contribution < 1.29 is 9.59 Å². The van der Waals surface area contributed by atoms with Crippen LogP contribution >= 0.6 is 0 Å². The number of hydrogen-bond donors (Lipinski definition) is 2. The van der Waals surface area contributed by atoms with Crippen LogP contribution in [0, 0.1) is 0 Å². The first-order valence-corrected chi connectivity index (χ1v) is 6.59. The minimum absolute atomic E-state index is 0.126. The summed E-state index contributed by atoms with van der Waals surface area (Å²) >= 11 is 0. The van der Waals surface area contributed by atoms with Crippen molar-refractivity contribution in [3.63, 3.8) is 0 Å². The van der Waals surface area contributed by atoms with E-state index in [1.807, 2.05) is 6.92 Å². The summed E-state index contributed by atoms with van der Waals surface area (Å²) in [6.45, 7) is 9.84. The van der Waals surface area contributed by atoms with Crippen LogP contribution in [0.5, 0.6) is 0 Å². The van der Waals surface area contributed by atoms with E-state index in [1.165, 1.54) is 4.90 Å². The maximum Gasteiger partial charge on any atom is 0.325 e. The maximum atomic E-state index is 12.0. The Balaban J connectivity index is 2.44. The van der Waals surface area contributed by atoms with E-state index in [9.17, 15) is 9.59 Å². The van der Waals surface area contributed by atoms with Gasteiger partial charge in [-0.3, -0.25) is 9.69 Å². The van der Waals surface area contributed by atoms with E-state index in [0.717, 1.165) is 25.0 Å². The highest BCUT2D eigenvalue weighted by Crippen LogP contribution is 2.12. The third kappa shape index (κ3) is 3.84. The van der Waals surface area contributed by atoms with Crippen molar-refractivity contribution in [2.75, 3.05) is 19.6 Å². The van der Waals surface area contributed by atoms with Crippen molar-refractivity contribution in [2.24, 2.45) is 0 Å². The molecule has 1 saturated heterocycles. The SMILES string of the molecule is C=C(CNCCC)CN1C(=O)NC(CCC)C1=O. The molecule has 1 aliphatic heterocycles. The molecule has 1 fully saturated rings. The van der Waals surface area contributed by atoms with Gasteiger partial charge in [-0.2, -0.15) is 0 Å². The lowest BCUT2D eigenvalue weighted by molar-refractivity contribution is -0.127. The van der Waals surface area contributed by atoms with Crippen LogP contribution in [-0.4, -0.2) is 42.5 Å². The molecule has 1 atom stereocenters. The molecule has 1 unspecified atom stereocenters. The molecule has 0 aromatic rings. The zero-order valence-electron chi connectivity index (χ0n) is 11.3. The second-order valence-corrected chi connectivity index (χ2v) is 4.64. The van der Waals surface area contributed by atoms with E-state index >= 15 is 0 Å². The number of rotatable bonds is 8. The van der Waals surface area contributed by atoms with Crippen LogP contribution in [0.1, 0.15) is 33.1 Å². The van der Waals surface area contributed by atoms with Crippen LogP contribution in [-0.2, 0) is 4.79 Å². The summed E-state index contributed by atoms with van der Waals surface area (Å²) in [6.07, 6.45) is 2.63. The Hall–Kier alpha value is -1.36. The van der Waals surface area contributed by atoms with Gasteiger partial charge in [0.1, 0.15) is 6.04 Å². The van der Waals surface area contributed by atoms with Gasteiger partial charge in [-0.25, -0.2) is 4.79 Å². The monoisotopic (exact) mass is 253 g/mol. The van der Waals surface area contributed by atoms with Crippen molar-refractivity contribution in [1.82, 2.24) is 15.5 Å². The zero-order chi connectivity index (χ0) is 13.5. The van der Waals surface area contributed by atoms with Gasteiger partial charge >= 0.3 is 6.03 Å². The molecule has 0 saturated carbocycles. The molecule has 0 bridgehead atoms. The molecule has 0 spiro atoms. The molecule has 5 heteroatoms. The number of urea groups is 1. The molecule has 1 rings (SSSR count). The number of hydrogen-bond acceptors (Lipinski definition) is 3. The molecule has 0 radical (unpaired) electrons. The summed E-state index contributed by atoms with van der Waals surface area (Å²) < 4.78 is 0. The molecule has 5 nitrogen and oxygen atoms in total. The summed E-state index contributed by atoms with van der Waals surface area (Å²) in [5, 5.41) is 5.91. The average Bonchev–Trinajstić information content (AvgIpc) is 2.58. The number of amides is 3. The topological polar surface area (TPSA) is 61.4 Å². The van der Waals surface area contributed by atoms with E-state index in [0.29, 0.717) is 19.5 Å². The van der Waals surface area contributed by atoms with Gasteiger partial charge in [0.2, 0.25) is 0 Å². The first-order chi connectivity index (χ1) is 8.60. The summed E-state index contributed by atoms with van der Waals surface area (Å²) in [4.78, 5) is 24.9. The third-order valence-electron chi connectivity index (χ3n) is 2.87. The molecule has 0 aromatic carbocycles. The Morgan fingerprint density at radius 3 is 2.72 bits per heavy atom. The second kappa shape index (κ2) is 7.16. The van der Waals surface area contributed by atoms with Crippen LogP contribution in [0.3, 0.4) is 0 Å². The summed E-state index contributed by atoms with van der Waals surface area (Å²) in [5.41, 5.74) is 0.851. The highest BCUT2D eigenvalue weighted by molar-refractivity contribution is 6.04. The molecule has 1 heterocycles. The smallest absolute Gasteiger partial charge is 0.325 e.